The maximum atomic E-state index is 6.04. The fourth-order valence-corrected chi connectivity index (χ4v) is 3.16. The lowest BCUT2D eigenvalue weighted by molar-refractivity contribution is 0.284. The molecule has 0 atom stereocenters. The first kappa shape index (κ1) is 20.9. The van der Waals surface area contributed by atoms with Crippen LogP contribution in [-0.4, -0.2) is 7.11 Å². The van der Waals surface area contributed by atoms with E-state index in [4.69, 9.17) is 55.9 Å². The van der Waals surface area contributed by atoms with E-state index in [1.54, 1.807) is 31.4 Å². The Morgan fingerprint density at radius 3 is 2.07 bits per heavy atom. The van der Waals surface area contributed by atoms with Crippen LogP contribution >= 0.6 is 46.4 Å². The predicted octanol–water partition coefficient (Wildman–Crippen LogP) is 7.50. The van der Waals surface area contributed by atoms with Crippen molar-refractivity contribution in [2.45, 2.75) is 13.2 Å². The van der Waals surface area contributed by atoms with Crippen molar-refractivity contribution >= 4 is 52.1 Å². The first-order valence-electron chi connectivity index (χ1n) is 8.39. The zero-order valence-electron chi connectivity index (χ0n) is 14.9. The first-order valence-corrected chi connectivity index (χ1v) is 9.90. The Morgan fingerprint density at radius 1 is 0.714 bits per heavy atom. The molecule has 0 heterocycles. The van der Waals surface area contributed by atoms with Crippen LogP contribution in [0.4, 0.5) is 5.69 Å². The topological polar surface area (TPSA) is 30.5 Å². The minimum atomic E-state index is 0.355. The van der Waals surface area contributed by atoms with Crippen LogP contribution in [0, 0.1) is 0 Å². The fraction of sp³-hybridized carbons (Fsp3) is 0.143. The molecule has 0 saturated heterocycles. The third-order valence-corrected chi connectivity index (χ3v) is 5.50. The van der Waals surface area contributed by atoms with E-state index < -0.39 is 0 Å². The highest BCUT2D eigenvalue weighted by atomic mass is 35.5. The lowest BCUT2D eigenvalue weighted by Crippen LogP contribution is -2.02. The summed E-state index contributed by atoms with van der Waals surface area (Å²) in [7, 11) is 1.61. The molecule has 0 spiro atoms. The van der Waals surface area contributed by atoms with Gasteiger partial charge in [0.15, 0.2) is 11.5 Å². The number of methoxy groups -OCH3 is 1. The molecular weight excluding hydrogens is 440 g/mol. The van der Waals surface area contributed by atoms with Gasteiger partial charge in [-0.3, -0.25) is 0 Å². The molecular formula is C21H17Cl4NO2. The minimum Gasteiger partial charge on any atom is -0.493 e. The normalized spacial score (nSPS) is 10.6. The van der Waals surface area contributed by atoms with E-state index >= 15 is 0 Å². The monoisotopic (exact) mass is 455 g/mol. The molecule has 28 heavy (non-hydrogen) atoms. The maximum Gasteiger partial charge on any atom is 0.161 e. The van der Waals surface area contributed by atoms with Crippen LogP contribution in [-0.2, 0) is 13.2 Å². The Kier molecular flexibility index (Phi) is 7.19. The summed E-state index contributed by atoms with van der Waals surface area (Å²) in [6.45, 7) is 0.954. The second-order valence-electron chi connectivity index (χ2n) is 6.00. The van der Waals surface area contributed by atoms with Gasteiger partial charge in [-0.15, -0.1) is 0 Å². The molecule has 0 fully saturated rings. The number of hydrogen-bond acceptors (Lipinski definition) is 3. The van der Waals surface area contributed by atoms with E-state index in [9.17, 15) is 0 Å². The van der Waals surface area contributed by atoms with Crippen LogP contribution in [0.1, 0.15) is 11.1 Å². The van der Waals surface area contributed by atoms with E-state index in [0.29, 0.717) is 44.7 Å². The van der Waals surface area contributed by atoms with Gasteiger partial charge in [-0.1, -0.05) is 58.5 Å². The molecule has 3 aromatic rings. The summed E-state index contributed by atoms with van der Waals surface area (Å²) in [5, 5.41) is 5.35. The van der Waals surface area contributed by atoms with Gasteiger partial charge in [0, 0.05) is 12.2 Å². The number of halogens is 4. The first-order chi connectivity index (χ1) is 13.5. The summed E-state index contributed by atoms with van der Waals surface area (Å²) in [4.78, 5) is 0. The van der Waals surface area contributed by atoms with Crippen molar-refractivity contribution in [2.75, 3.05) is 12.4 Å². The molecule has 0 aliphatic carbocycles. The largest absolute Gasteiger partial charge is 0.493 e. The van der Waals surface area contributed by atoms with Crippen LogP contribution in [0.5, 0.6) is 11.5 Å². The highest BCUT2D eigenvalue weighted by molar-refractivity contribution is 6.42. The predicted molar refractivity (Wildman–Crippen MR) is 118 cm³/mol. The fourth-order valence-electron chi connectivity index (χ4n) is 2.54. The highest BCUT2D eigenvalue weighted by Crippen LogP contribution is 2.30. The molecule has 3 rings (SSSR count). The van der Waals surface area contributed by atoms with Crippen LogP contribution < -0.4 is 14.8 Å². The number of ether oxygens (including phenoxy) is 2. The van der Waals surface area contributed by atoms with Gasteiger partial charge in [-0.2, -0.15) is 0 Å². The molecule has 7 heteroatoms. The number of anilines is 1. The van der Waals surface area contributed by atoms with E-state index in [2.05, 4.69) is 5.32 Å². The molecule has 0 aliphatic heterocycles. The van der Waals surface area contributed by atoms with Crippen LogP contribution in [0.15, 0.2) is 54.6 Å². The molecule has 0 amide bonds. The Balaban J connectivity index is 1.65. The molecule has 3 aromatic carbocycles. The number of rotatable bonds is 7. The second-order valence-corrected chi connectivity index (χ2v) is 7.63. The van der Waals surface area contributed by atoms with Crippen molar-refractivity contribution in [1.82, 2.24) is 0 Å². The van der Waals surface area contributed by atoms with E-state index in [1.165, 1.54) is 0 Å². The van der Waals surface area contributed by atoms with E-state index in [0.717, 1.165) is 16.8 Å². The van der Waals surface area contributed by atoms with Gasteiger partial charge in [-0.05, 0) is 53.6 Å². The molecule has 3 nitrogen and oxygen atoms in total. The van der Waals surface area contributed by atoms with E-state index in [1.807, 2.05) is 30.3 Å². The van der Waals surface area contributed by atoms with Gasteiger partial charge in [0.1, 0.15) is 6.61 Å². The second kappa shape index (κ2) is 9.62. The third-order valence-electron chi connectivity index (χ3n) is 4.02. The van der Waals surface area contributed by atoms with Gasteiger partial charge in [0.25, 0.3) is 0 Å². The van der Waals surface area contributed by atoms with Crippen molar-refractivity contribution < 1.29 is 9.47 Å². The molecule has 0 bridgehead atoms. The number of benzene rings is 3. The summed E-state index contributed by atoms with van der Waals surface area (Å²) in [5.74, 6) is 1.29. The van der Waals surface area contributed by atoms with Gasteiger partial charge in [0.05, 0.1) is 27.2 Å². The van der Waals surface area contributed by atoms with Crippen LogP contribution in [0.25, 0.3) is 0 Å². The van der Waals surface area contributed by atoms with Crippen molar-refractivity contribution in [3.05, 3.63) is 85.8 Å². The lowest BCUT2D eigenvalue weighted by Gasteiger charge is -2.13. The Bertz CT molecular complexity index is 979. The van der Waals surface area contributed by atoms with Gasteiger partial charge < -0.3 is 14.8 Å². The summed E-state index contributed by atoms with van der Waals surface area (Å²) in [6.07, 6.45) is 0. The van der Waals surface area contributed by atoms with Crippen molar-refractivity contribution in [3.63, 3.8) is 0 Å². The molecule has 0 saturated carbocycles. The highest BCUT2D eigenvalue weighted by Gasteiger charge is 2.08. The summed E-state index contributed by atoms with van der Waals surface area (Å²) in [6, 6.07) is 16.6. The molecule has 0 aromatic heterocycles. The zero-order valence-corrected chi connectivity index (χ0v) is 18.0. The van der Waals surface area contributed by atoms with Crippen molar-refractivity contribution in [1.29, 1.82) is 0 Å². The van der Waals surface area contributed by atoms with Gasteiger partial charge >= 0.3 is 0 Å². The quantitative estimate of drug-likeness (QED) is 0.399. The number of hydrogen-bond donors (Lipinski definition) is 1. The Morgan fingerprint density at radius 2 is 1.39 bits per heavy atom. The maximum absolute atomic E-state index is 6.04. The van der Waals surface area contributed by atoms with E-state index in [-0.39, 0.29) is 0 Å². The lowest BCUT2D eigenvalue weighted by atomic mass is 10.2. The summed E-state index contributed by atoms with van der Waals surface area (Å²) >= 11 is 24.0. The Labute approximate surface area is 184 Å². The molecule has 0 aliphatic rings. The van der Waals surface area contributed by atoms with Crippen LogP contribution in [0.2, 0.25) is 20.1 Å². The standard InChI is InChI=1S/C21H17Cl4NO2/c1-27-21-9-13(11-26-15-4-6-17(23)19(25)10-15)3-7-20(21)28-12-14-2-5-16(22)18(24)8-14/h2-10,26H,11-12H2,1H3. The van der Waals surface area contributed by atoms with Gasteiger partial charge in [-0.25, -0.2) is 0 Å². The summed E-state index contributed by atoms with van der Waals surface area (Å²) in [5.41, 5.74) is 2.83. The molecule has 0 radical (unpaired) electrons. The average Bonchev–Trinajstić information content (AvgIpc) is 2.70. The van der Waals surface area contributed by atoms with Crippen LogP contribution in [0.3, 0.4) is 0 Å². The summed E-state index contributed by atoms with van der Waals surface area (Å²) < 4.78 is 11.3. The molecule has 146 valence electrons. The smallest absolute Gasteiger partial charge is 0.161 e. The Hall–Kier alpha value is -1.78. The minimum absolute atomic E-state index is 0.355. The molecule has 1 N–H and O–H groups in total. The third kappa shape index (κ3) is 5.39. The van der Waals surface area contributed by atoms with Gasteiger partial charge in [0.2, 0.25) is 0 Å². The zero-order chi connectivity index (χ0) is 20.1. The number of nitrogens with one attached hydrogen (secondary N) is 1. The van der Waals surface area contributed by atoms with Crippen molar-refractivity contribution in [3.8, 4) is 11.5 Å². The average molecular weight is 457 g/mol. The SMILES string of the molecule is COc1cc(CNc2ccc(Cl)c(Cl)c2)ccc1OCc1ccc(Cl)c(Cl)c1. The molecule has 0 unspecified atom stereocenters. The van der Waals surface area contributed by atoms with Crippen molar-refractivity contribution in [2.24, 2.45) is 0 Å².